The second-order valence-electron chi connectivity index (χ2n) is 3.94. The highest BCUT2D eigenvalue weighted by molar-refractivity contribution is 7.11. The summed E-state index contributed by atoms with van der Waals surface area (Å²) in [6.07, 6.45) is 2.59. The van der Waals surface area contributed by atoms with Crippen molar-refractivity contribution < 1.29 is 5.11 Å². The Kier molecular flexibility index (Phi) is 3.86. The van der Waals surface area contributed by atoms with Crippen LogP contribution in [0.2, 0.25) is 5.15 Å². The van der Waals surface area contributed by atoms with Gasteiger partial charge in [-0.3, -0.25) is 0 Å². The summed E-state index contributed by atoms with van der Waals surface area (Å²) in [6.45, 7) is 2.13. The lowest BCUT2D eigenvalue weighted by Gasteiger charge is -2.09. The molecule has 0 radical (unpaired) electrons. The Bertz CT molecular complexity index is 506. The summed E-state index contributed by atoms with van der Waals surface area (Å²) < 4.78 is 1.71. The van der Waals surface area contributed by atoms with Crippen molar-refractivity contribution in [2.75, 3.05) is 0 Å². The Morgan fingerprint density at radius 1 is 1.47 bits per heavy atom. The van der Waals surface area contributed by atoms with Crippen LogP contribution in [0.4, 0.5) is 0 Å². The molecule has 17 heavy (non-hydrogen) atoms. The van der Waals surface area contributed by atoms with Gasteiger partial charge in [0.15, 0.2) is 0 Å². The fraction of sp³-hybridized carbons (Fsp3) is 0.417. The van der Waals surface area contributed by atoms with E-state index in [1.54, 1.807) is 29.1 Å². The van der Waals surface area contributed by atoms with Crippen molar-refractivity contribution in [1.82, 2.24) is 9.55 Å². The standard InChI is InChI=1S/C12H15ClN2OS/c1-3-8-4-5-9(17-8)6-10(16)12-14-7-11(13)15(12)2/h4-5,7,10,16H,3,6H2,1-2H3. The van der Waals surface area contributed by atoms with Crippen molar-refractivity contribution in [1.29, 1.82) is 0 Å². The van der Waals surface area contributed by atoms with Crippen LogP contribution in [0.5, 0.6) is 0 Å². The van der Waals surface area contributed by atoms with E-state index in [2.05, 4.69) is 24.0 Å². The molecule has 2 aromatic rings. The van der Waals surface area contributed by atoms with E-state index in [9.17, 15) is 5.11 Å². The maximum absolute atomic E-state index is 10.1. The van der Waals surface area contributed by atoms with Gasteiger partial charge in [-0.25, -0.2) is 4.98 Å². The molecule has 0 aliphatic carbocycles. The zero-order chi connectivity index (χ0) is 12.4. The van der Waals surface area contributed by atoms with Crippen molar-refractivity contribution in [2.24, 2.45) is 7.05 Å². The fourth-order valence-electron chi connectivity index (χ4n) is 1.72. The van der Waals surface area contributed by atoms with Crippen molar-refractivity contribution >= 4 is 22.9 Å². The molecule has 1 unspecified atom stereocenters. The monoisotopic (exact) mass is 270 g/mol. The number of aliphatic hydroxyl groups is 1. The highest BCUT2D eigenvalue weighted by atomic mass is 35.5. The normalized spacial score (nSPS) is 12.9. The molecule has 2 aromatic heterocycles. The number of aryl methyl sites for hydroxylation is 1. The van der Waals surface area contributed by atoms with Crippen LogP contribution >= 0.6 is 22.9 Å². The van der Waals surface area contributed by atoms with Crippen LogP contribution in [0.15, 0.2) is 18.3 Å². The molecule has 0 fully saturated rings. The first-order valence-electron chi connectivity index (χ1n) is 5.54. The first-order valence-corrected chi connectivity index (χ1v) is 6.74. The molecule has 5 heteroatoms. The molecular weight excluding hydrogens is 256 g/mol. The highest BCUT2D eigenvalue weighted by Crippen LogP contribution is 2.24. The fourth-order valence-corrected chi connectivity index (χ4v) is 2.85. The number of aromatic nitrogens is 2. The average molecular weight is 271 g/mol. The molecular formula is C12H15ClN2OS. The first kappa shape index (κ1) is 12.6. The lowest BCUT2D eigenvalue weighted by atomic mass is 10.2. The minimum absolute atomic E-state index is 0.541. The van der Waals surface area contributed by atoms with Gasteiger partial charge in [0.1, 0.15) is 17.1 Å². The largest absolute Gasteiger partial charge is 0.385 e. The Hall–Kier alpha value is -0.840. The number of hydrogen-bond donors (Lipinski definition) is 1. The molecule has 1 atom stereocenters. The van der Waals surface area contributed by atoms with E-state index in [1.807, 2.05) is 0 Å². The summed E-state index contributed by atoms with van der Waals surface area (Å²) >= 11 is 7.63. The van der Waals surface area contributed by atoms with Gasteiger partial charge in [-0.1, -0.05) is 18.5 Å². The molecule has 0 saturated carbocycles. The van der Waals surface area contributed by atoms with Crippen LogP contribution in [0, 0.1) is 0 Å². The van der Waals surface area contributed by atoms with Crippen LogP contribution in [-0.4, -0.2) is 14.7 Å². The van der Waals surface area contributed by atoms with Crippen molar-refractivity contribution in [3.8, 4) is 0 Å². The molecule has 3 nitrogen and oxygen atoms in total. The second-order valence-corrected chi connectivity index (χ2v) is 5.58. The third-order valence-electron chi connectivity index (χ3n) is 2.73. The Labute approximate surface area is 110 Å². The predicted octanol–water partition coefficient (Wildman–Crippen LogP) is 2.97. The molecule has 2 rings (SSSR count). The van der Waals surface area contributed by atoms with Gasteiger partial charge in [-0.05, 0) is 18.6 Å². The van der Waals surface area contributed by atoms with Crippen molar-refractivity contribution in [3.05, 3.63) is 39.1 Å². The summed E-state index contributed by atoms with van der Waals surface area (Å²) in [5.74, 6) is 0.612. The van der Waals surface area contributed by atoms with E-state index in [-0.39, 0.29) is 0 Å². The Morgan fingerprint density at radius 2 is 2.18 bits per heavy atom. The topological polar surface area (TPSA) is 38.1 Å². The van der Waals surface area contributed by atoms with Crippen LogP contribution in [-0.2, 0) is 19.9 Å². The predicted molar refractivity (Wildman–Crippen MR) is 70.6 cm³/mol. The zero-order valence-corrected chi connectivity index (χ0v) is 11.4. The second kappa shape index (κ2) is 5.21. The SMILES string of the molecule is CCc1ccc(CC(O)c2ncc(Cl)n2C)s1. The quantitative estimate of drug-likeness (QED) is 0.928. The molecule has 0 aliphatic rings. The summed E-state index contributed by atoms with van der Waals surface area (Å²) in [4.78, 5) is 6.64. The average Bonchev–Trinajstić information content (AvgIpc) is 2.88. The van der Waals surface area contributed by atoms with E-state index in [1.165, 1.54) is 9.75 Å². The molecule has 0 bridgehead atoms. The molecule has 0 saturated heterocycles. The van der Waals surface area contributed by atoms with Crippen molar-refractivity contribution in [2.45, 2.75) is 25.9 Å². The molecule has 0 aromatic carbocycles. The molecule has 0 spiro atoms. The third-order valence-corrected chi connectivity index (χ3v) is 4.33. The van der Waals surface area contributed by atoms with Gasteiger partial charge in [0.25, 0.3) is 0 Å². The highest BCUT2D eigenvalue weighted by Gasteiger charge is 2.16. The lowest BCUT2D eigenvalue weighted by molar-refractivity contribution is 0.166. The van der Waals surface area contributed by atoms with Crippen LogP contribution in [0.25, 0.3) is 0 Å². The lowest BCUT2D eigenvalue weighted by Crippen LogP contribution is -2.08. The zero-order valence-electron chi connectivity index (χ0n) is 9.85. The van der Waals surface area contributed by atoms with Gasteiger partial charge in [0.2, 0.25) is 0 Å². The number of rotatable bonds is 4. The number of hydrogen-bond acceptors (Lipinski definition) is 3. The van der Waals surface area contributed by atoms with E-state index in [0.717, 1.165) is 6.42 Å². The minimum atomic E-state index is -0.601. The Balaban J connectivity index is 2.11. The molecule has 92 valence electrons. The van der Waals surface area contributed by atoms with Gasteiger partial charge in [0.05, 0.1) is 6.20 Å². The van der Waals surface area contributed by atoms with Crippen molar-refractivity contribution in [3.63, 3.8) is 0 Å². The van der Waals surface area contributed by atoms with Gasteiger partial charge in [0, 0.05) is 23.2 Å². The molecule has 0 aliphatic heterocycles. The van der Waals surface area contributed by atoms with Gasteiger partial charge < -0.3 is 9.67 Å². The van der Waals surface area contributed by atoms with E-state index in [0.29, 0.717) is 17.4 Å². The van der Waals surface area contributed by atoms with E-state index in [4.69, 9.17) is 11.6 Å². The maximum Gasteiger partial charge on any atom is 0.138 e. The Morgan fingerprint density at radius 3 is 2.71 bits per heavy atom. The summed E-state index contributed by atoms with van der Waals surface area (Å²) in [6, 6.07) is 4.18. The number of halogens is 1. The number of aliphatic hydroxyl groups excluding tert-OH is 1. The molecule has 0 amide bonds. The maximum atomic E-state index is 10.1. The number of imidazole rings is 1. The minimum Gasteiger partial charge on any atom is -0.385 e. The molecule has 1 N–H and O–H groups in total. The van der Waals surface area contributed by atoms with Gasteiger partial charge >= 0.3 is 0 Å². The van der Waals surface area contributed by atoms with E-state index >= 15 is 0 Å². The van der Waals surface area contributed by atoms with Crippen LogP contribution in [0.1, 0.15) is 28.6 Å². The molecule has 2 heterocycles. The van der Waals surface area contributed by atoms with Crippen LogP contribution < -0.4 is 0 Å². The van der Waals surface area contributed by atoms with Gasteiger partial charge in [-0.2, -0.15) is 0 Å². The number of nitrogens with zero attached hydrogens (tertiary/aromatic N) is 2. The smallest absolute Gasteiger partial charge is 0.138 e. The van der Waals surface area contributed by atoms with Crippen LogP contribution in [0.3, 0.4) is 0 Å². The number of thiophene rings is 1. The summed E-state index contributed by atoms with van der Waals surface area (Å²) in [5, 5.41) is 10.7. The van der Waals surface area contributed by atoms with E-state index < -0.39 is 6.10 Å². The summed E-state index contributed by atoms with van der Waals surface area (Å²) in [5.41, 5.74) is 0. The third kappa shape index (κ3) is 2.70. The first-order chi connectivity index (χ1) is 8.11. The van der Waals surface area contributed by atoms with Gasteiger partial charge in [-0.15, -0.1) is 11.3 Å². The summed E-state index contributed by atoms with van der Waals surface area (Å²) in [7, 11) is 1.81.